The van der Waals surface area contributed by atoms with Gasteiger partial charge in [-0.1, -0.05) is 0 Å². The molecule has 14 heavy (non-hydrogen) atoms. The molecule has 0 amide bonds. The molecule has 0 bridgehead atoms. The van der Waals surface area contributed by atoms with E-state index in [4.69, 9.17) is 10.4 Å². The molecule has 0 saturated carbocycles. The highest BCUT2D eigenvalue weighted by Gasteiger charge is 2.18. The van der Waals surface area contributed by atoms with E-state index >= 15 is 0 Å². The molecule has 0 fully saturated rings. The average Bonchev–Trinajstić information content (AvgIpc) is 2.16. The monoisotopic (exact) mass is 310 g/mol. The average molecular weight is 310 g/mol. The minimum atomic E-state index is -2.75. The molecular weight excluding hydrogens is 305 g/mol. The van der Waals surface area contributed by atoms with Gasteiger partial charge >= 0.3 is 0 Å². The van der Waals surface area contributed by atoms with E-state index in [0.717, 1.165) is 6.20 Å². The Hall–Kier alpha value is -0.810. The first-order chi connectivity index (χ1) is 6.61. The summed E-state index contributed by atoms with van der Waals surface area (Å²) in [5.74, 6) is 0. The number of rotatable bonds is 2. The molecule has 1 N–H and O–H groups in total. The molecule has 0 aromatic carbocycles. The van der Waals surface area contributed by atoms with Crippen LogP contribution in [0.5, 0.6) is 0 Å². The van der Waals surface area contributed by atoms with E-state index in [1.54, 1.807) is 28.7 Å². The molecule has 0 spiro atoms. The van der Waals surface area contributed by atoms with Crippen molar-refractivity contribution in [2.45, 2.75) is 13.0 Å². The fraction of sp³-hybridized carbons (Fsp3) is 0.250. The van der Waals surface area contributed by atoms with Crippen molar-refractivity contribution in [3.63, 3.8) is 0 Å². The molecule has 1 aromatic rings. The zero-order valence-corrected chi connectivity index (χ0v) is 8.99. The predicted octanol–water partition coefficient (Wildman–Crippen LogP) is 1.99. The van der Waals surface area contributed by atoms with Crippen molar-refractivity contribution < 1.29 is 13.9 Å². The molecule has 1 aromatic heterocycles. The van der Waals surface area contributed by atoms with Gasteiger partial charge in [0, 0.05) is 11.8 Å². The van der Waals surface area contributed by atoms with Crippen LogP contribution in [0, 0.1) is 15.0 Å². The summed E-state index contributed by atoms with van der Waals surface area (Å²) in [5.41, 5.74) is -0.454. The Balaban J connectivity index is 3.43. The minimum Gasteiger partial charge on any atom is -0.392 e. The summed E-state index contributed by atoms with van der Waals surface area (Å²) in [6.45, 7) is -0.464. The van der Waals surface area contributed by atoms with Crippen LogP contribution in [0.2, 0.25) is 0 Å². The van der Waals surface area contributed by atoms with Gasteiger partial charge in [0.1, 0.15) is 9.77 Å². The first-order valence-electron chi connectivity index (χ1n) is 3.58. The summed E-state index contributed by atoms with van der Waals surface area (Å²) in [7, 11) is 0. The maximum Gasteiger partial charge on any atom is 0.266 e. The van der Waals surface area contributed by atoms with Gasteiger partial charge < -0.3 is 5.11 Å². The number of halogens is 3. The van der Waals surface area contributed by atoms with Crippen LogP contribution in [-0.2, 0) is 6.61 Å². The molecule has 0 atom stereocenters. The van der Waals surface area contributed by atoms with Crippen molar-refractivity contribution >= 4 is 22.6 Å². The summed E-state index contributed by atoms with van der Waals surface area (Å²) in [5, 5.41) is 17.6. The van der Waals surface area contributed by atoms with Gasteiger partial charge in [-0.05, 0) is 22.6 Å². The topological polar surface area (TPSA) is 56.9 Å². The number of hydrogen-bond acceptors (Lipinski definition) is 3. The van der Waals surface area contributed by atoms with Crippen molar-refractivity contribution in [2.24, 2.45) is 0 Å². The molecule has 0 aliphatic heterocycles. The minimum absolute atomic E-state index is 0.158. The summed E-state index contributed by atoms with van der Waals surface area (Å²) >= 11 is 1.78. The second-order valence-corrected chi connectivity index (χ2v) is 3.45. The van der Waals surface area contributed by atoms with Gasteiger partial charge in [0.05, 0.1) is 17.7 Å². The van der Waals surface area contributed by atoms with Crippen LogP contribution in [-0.4, -0.2) is 10.1 Å². The van der Waals surface area contributed by atoms with Crippen LogP contribution < -0.4 is 0 Å². The number of nitrogens with zero attached hydrogens (tertiary/aromatic N) is 2. The Bertz CT molecular complexity index is 390. The summed E-state index contributed by atoms with van der Waals surface area (Å²) in [6, 6.07) is 1.65. The van der Waals surface area contributed by atoms with E-state index in [9.17, 15) is 8.78 Å². The van der Waals surface area contributed by atoms with Crippen LogP contribution >= 0.6 is 22.6 Å². The van der Waals surface area contributed by atoms with E-state index in [2.05, 4.69) is 4.98 Å². The summed E-state index contributed by atoms with van der Waals surface area (Å²) in [4.78, 5) is 3.68. The van der Waals surface area contributed by atoms with Crippen molar-refractivity contribution in [1.29, 1.82) is 5.26 Å². The summed E-state index contributed by atoms with van der Waals surface area (Å²) < 4.78 is 25.1. The molecular formula is C8H5F2IN2O. The van der Waals surface area contributed by atoms with Crippen LogP contribution in [0.1, 0.15) is 23.1 Å². The third kappa shape index (κ3) is 1.99. The molecule has 1 rings (SSSR count). The molecule has 0 saturated heterocycles. The fourth-order valence-electron chi connectivity index (χ4n) is 0.988. The Morgan fingerprint density at radius 1 is 1.64 bits per heavy atom. The van der Waals surface area contributed by atoms with E-state index in [1.807, 2.05) is 0 Å². The molecule has 0 unspecified atom stereocenters. The normalized spacial score (nSPS) is 10.3. The number of hydrogen-bond donors (Lipinski definition) is 1. The van der Waals surface area contributed by atoms with Crippen molar-refractivity contribution in [3.8, 4) is 6.07 Å². The third-order valence-electron chi connectivity index (χ3n) is 1.66. The highest BCUT2D eigenvalue weighted by atomic mass is 127. The summed E-state index contributed by atoms with van der Waals surface area (Å²) in [6.07, 6.45) is -1.79. The zero-order valence-electron chi connectivity index (χ0n) is 6.84. The lowest BCUT2D eigenvalue weighted by molar-refractivity contribution is 0.150. The Morgan fingerprint density at radius 3 is 2.71 bits per heavy atom. The van der Waals surface area contributed by atoms with Gasteiger partial charge in [-0.25, -0.2) is 13.8 Å². The quantitative estimate of drug-likeness (QED) is 0.671. The first-order valence-corrected chi connectivity index (χ1v) is 4.66. The SMILES string of the molecule is N#Cc1c(C(F)F)cnc(I)c1CO. The third-order valence-corrected chi connectivity index (χ3v) is 2.59. The van der Waals surface area contributed by atoms with Crippen LogP contribution in [0.25, 0.3) is 0 Å². The lowest BCUT2D eigenvalue weighted by Gasteiger charge is -2.07. The molecule has 0 radical (unpaired) electrons. The Kier molecular flexibility index (Phi) is 3.71. The molecule has 3 nitrogen and oxygen atoms in total. The van der Waals surface area contributed by atoms with E-state index in [-0.39, 0.29) is 11.1 Å². The van der Waals surface area contributed by atoms with Crippen molar-refractivity contribution in [3.05, 3.63) is 26.6 Å². The maximum absolute atomic E-state index is 12.4. The van der Waals surface area contributed by atoms with Gasteiger partial charge in [-0.15, -0.1) is 0 Å². The lowest BCUT2D eigenvalue weighted by Crippen LogP contribution is -2.02. The van der Waals surface area contributed by atoms with E-state index in [0.29, 0.717) is 3.70 Å². The molecule has 74 valence electrons. The number of alkyl halides is 2. The lowest BCUT2D eigenvalue weighted by atomic mass is 10.1. The van der Waals surface area contributed by atoms with Crippen LogP contribution in [0.4, 0.5) is 8.78 Å². The van der Waals surface area contributed by atoms with Crippen LogP contribution in [0.15, 0.2) is 6.20 Å². The van der Waals surface area contributed by atoms with Gasteiger partial charge in [-0.3, -0.25) is 0 Å². The highest BCUT2D eigenvalue weighted by Crippen LogP contribution is 2.26. The smallest absolute Gasteiger partial charge is 0.266 e. The number of nitriles is 1. The molecule has 0 aliphatic carbocycles. The zero-order chi connectivity index (χ0) is 10.7. The predicted molar refractivity (Wildman–Crippen MR) is 52.5 cm³/mol. The number of aromatic nitrogens is 1. The van der Waals surface area contributed by atoms with Crippen molar-refractivity contribution in [2.75, 3.05) is 0 Å². The number of aliphatic hydroxyl groups excluding tert-OH is 1. The van der Waals surface area contributed by atoms with Gasteiger partial charge in [0.25, 0.3) is 6.43 Å². The Labute approximate surface area is 92.5 Å². The highest BCUT2D eigenvalue weighted by molar-refractivity contribution is 14.1. The fourth-order valence-corrected chi connectivity index (χ4v) is 1.57. The van der Waals surface area contributed by atoms with Gasteiger partial charge in [0.15, 0.2) is 0 Å². The molecule has 1 heterocycles. The molecule has 6 heteroatoms. The number of aliphatic hydroxyl groups is 1. The van der Waals surface area contributed by atoms with Crippen molar-refractivity contribution in [1.82, 2.24) is 4.98 Å². The largest absolute Gasteiger partial charge is 0.392 e. The maximum atomic E-state index is 12.4. The Morgan fingerprint density at radius 2 is 2.29 bits per heavy atom. The van der Waals surface area contributed by atoms with Gasteiger partial charge in [-0.2, -0.15) is 5.26 Å². The standard InChI is InChI=1S/C8H5F2IN2O/c9-7(10)5-2-13-8(11)6(3-14)4(5)1-12/h2,7,14H,3H2. The number of pyridine rings is 1. The van der Waals surface area contributed by atoms with E-state index in [1.165, 1.54) is 0 Å². The van der Waals surface area contributed by atoms with Crippen LogP contribution in [0.3, 0.4) is 0 Å². The second kappa shape index (κ2) is 4.61. The second-order valence-electron chi connectivity index (χ2n) is 2.43. The van der Waals surface area contributed by atoms with Gasteiger partial charge in [0.2, 0.25) is 0 Å². The first kappa shape index (κ1) is 11.3. The molecule has 0 aliphatic rings. The van der Waals surface area contributed by atoms with E-state index < -0.39 is 18.6 Å².